The van der Waals surface area contributed by atoms with Gasteiger partial charge in [-0.3, -0.25) is 0 Å². The molecule has 0 aromatic rings. The van der Waals surface area contributed by atoms with E-state index in [0.717, 1.165) is 25.7 Å². The Morgan fingerprint density at radius 1 is 1.30 bits per heavy atom. The molecule has 1 rings (SSSR count). The predicted molar refractivity (Wildman–Crippen MR) is 79.7 cm³/mol. The van der Waals surface area contributed by atoms with Crippen LogP contribution >= 0.6 is 0 Å². The molecule has 0 aromatic heterocycles. The summed E-state index contributed by atoms with van der Waals surface area (Å²) < 4.78 is 5.47. The van der Waals surface area contributed by atoms with Gasteiger partial charge in [-0.1, -0.05) is 0 Å². The minimum Gasteiger partial charge on any atom is -0.444 e. The number of aliphatic hydroxyl groups excluding tert-OH is 1. The van der Waals surface area contributed by atoms with Crippen LogP contribution in [0.4, 0.5) is 4.79 Å². The van der Waals surface area contributed by atoms with Crippen LogP contribution in [0.2, 0.25) is 0 Å². The van der Waals surface area contributed by atoms with E-state index in [0.29, 0.717) is 19.1 Å². The fourth-order valence-electron chi connectivity index (χ4n) is 2.72. The van der Waals surface area contributed by atoms with Gasteiger partial charge in [-0.05, 0) is 53.4 Å². The van der Waals surface area contributed by atoms with E-state index in [1.165, 1.54) is 0 Å². The largest absolute Gasteiger partial charge is 0.444 e. The highest BCUT2D eigenvalue weighted by Crippen LogP contribution is 2.24. The molecule has 118 valence electrons. The van der Waals surface area contributed by atoms with Gasteiger partial charge in [0, 0.05) is 25.2 Å². The van der Waals surface area contributed by atoms with Crippen LogP contribution in [0.5, 0.6) is 0 Å². The van der Waals surface area contributed by atoms with Gasteiger partial charge >= 0.3 is 6.09 Å². The van der Waals surface area contributed by atoms with E-state index < -0.39 is 5.60 Å². The fourth-order valence-corrected chi connectivity index (χ4v) is 2.72. The van der Waals surface area contributed by atoms with Gasteiger partial charge in [0.05, 0.1) is 6.61 Å². The van der Waals surface area contributed by atoms with Crippen LogP contribution in [0.25, 0.3) is 0 Å². The lowest BCUT2D eigenvalue weighted by molar-refractivity contribution is 0.0125. The number of hydrogen-bond donors (Lipinski definition) is 2. The van der Waals surface area contributed by atoms with Crippen molar-refractivity contribution in [2.75, 3.05) is 19.7 Å². The Bertz CT molecular complexity index is 294. The molecule has 0 unspecified atom stereocenters. The standard InChI is InChI=1S/C15H30N2O3/c1-5-17(14(19)20-15(2,3)4)13-8-6-12(7-9-13)16-10-11-18/h12-13,16,18H,5-11H2,1-4H3. The molecular weight excluding hydrogens is 256 g/mol. The molecule has 0 aromatic carbocycles. The number of hydrogen-bond acceptors (Lipinski definition) is 4. The highest BCUT2D eigenvalue weighted by atomic mass is 16.6. The molecule has 0 radical (unpaired) electrons. The molecule has 20 heavy (non-hydrogen) atoms. The number of nitrogens with one attached hydrogen (secondary N) is 1. The Hall–Kier alpha value is -0.810. The second kappa shape index (κ2) is 7.84. The van der Waals surface area contributed by atoms with E-state index in [1.54, 1.807) is 0 Å². The second-order valence-electron chi connectivity index (χ2n) is 6.45. The number of carbonyl (C=O) groups excluding carboxylic acids is 1. The zero-order valence-corrected chi connectivity index (χ0v) is 13.3. The minimum atomic E-state index is -0.440. The Morgan fingerprint density at radius 2 is 1.90 bits per heavy atom. The first-order valence-electron chi connectivity index (χ1n) is 7.71. The monoisotopic (exact) mass is 286 g/mol. The van der Waals surface area contributed by atoms with Gasteiger partial charge < -0.3 is 20.1 Å². The summed E-state index contributed by atoms with van der Waals surface area (Å²) in [7, 11) is 0. The first kappa shape index (κ1) is 17.2. The SMILES string of the molecule is CCN(C(=O)OC(C)(C)C)C1CCC(NCCO)CC1. The third-order valence-corrected chi connectivity index (χ3v) is 3.65. The highest BCUT2D eigenvalue weighted by Gasteiger charge is 2.30. The third kappa shape index (κ3) is 5.67. The number of ether oxygens (including phenoxy) is 1. The van der Waals surface area contributed by atoms with Crippen LogP contribution < -0.4 is 5.32 Å². The Balaban J connectivity index is 2.46. The summed E-state index contributed by atoms with van der Waals surface area (Å²) in [6.07, 6.45) is 3.88. The Morgan fingerprint density at radius 3 is 2.35 bits per heavy atom. The van der Waals surface area contributed by atoms with Crippen LogP contribution in [0.3, 0.4) is 0 Å². The van der Waals surface area contributed by atoms with Crippen molar-refractivity contribution in [2.45, 2.75) is 71.1 Å². The lowest BCUT2D eigenvalue weighted by Gasteiger charge is -2.37. The number of aliphatic hydroxyl groups is 1. The van der Waals surface area contributed by atoms with E-state index in [-0.39, 0.29) is 18.7 Å². The maximum Gasteiger partial charge on any atom is 0.410 e. The molecule has 1 aliphatic rings. The van der Waals surface area contributed by atoms with Gasteiger partial charge in [-0.25, -0.2) is 4.79 Å². The van der Waals surface area contributed by atoms with E-state index in [4.69, 9.17) is 9.84 Å². The zero-order chi connectivity index (χ0) is 15.2. The zero-order valence-electron chi connectivity index (χ0n) is 13.3. The third-order valence-electron chi connectivity index (χ3n) is 3.65. The molecule has 1 fully saturated rings. The quantitative estimate of drug-likeness (QED) is 0.813. The smallest absolute Gasteiger partial charge is 0.410 e. The average molecular weight is 286 g/mol. The van der Waals surface area contributed by atoms with Crippen molar-refractivity contribution in [3.05, 3.63) is 0 Å². The van der Waals surface area contributed by atoms with Gasteiger partial charge in [0.25, 0.3) is 0 Å². The van der Waals surface area contributed by atoms with E-state index >= 15 is 0 Å². The van der Waals surface area contributed by atoms with Crippen molar-refractivity contribution >= 4 is 6.09 Å². The fraction of sp³-hybridized carbons (Fsp3) is 0.933. The van der Waals surface area contributed by atoms with Gasteiger partial charge in [0.1, 0.15) is 5.60 Å². The molecule has 5 heteroatoms. The van der Waals surface area contributed by atoms with E-state index in [2.05, 4.69) is 5.32 Å². The van der Waals surface area contributed by atoms with Crippen LogP contribution in [-0.2, 0) is 4.74 Å². The number of rotatable bonds is 5. The molecule has 0 saturated heterocycles. The normalized spacial score (nSPS) is 23.4. The topological polar surface area (TPSA) is 61.8 Å². The molecule has 0 spiro atoms. The first-order chi connectivity index (χ1) is 9.37. The molecule has 0 aliphatic heterocycles. The predicted octanol–water partition coefficient (Wildman–Crippen LogP) is 2.14. The van der Waals surface area contributed by atoms with Gasteiger partial charge in [0.15, 0.2) is 0 Å². The molecule has 1 saturated carbocycles. The van der Waals surface area contributed by atoms with Crippen molar-refractivity contribution in [1.82, 2.24) is 10.2 Å². The van der Waals surface area contributed by atoms with Crippen molar-refractivity contribution < 1.29 is 14.6 Å². The van der Waals surface area contributed by atoms with E-state index in [1.807, 2.05) is 32.6 Å². The molecule has 1 amide bonds. The van der Waals surface area contributed by atoms with Crippen LogP contribution in [0, 0.1) is 0 Å². The van der Waals surface area contributed by atoms with Crippen LogP contribution in [0.15, 0.2) is 0 Å². The summed E-state index contributed by atoms with van der Waals surface area (Å²) in [5.74, 6) is 0. The summed E-state index contributed by atoms with van der Waals surface area (Å²) in [5, 5.41) is 12.2. The summed E-state index contributed by atoms with van der Waals surface area (Å²) in [4.78, 5) is 14.1. The van der Waals surface area contributed by atoms with Gasteiger partial charge in [0.2, 0.25) is 0 Å². The summed E-state index contributed by atoms with van der Waals surface area (Å²) in [6.45, 7) is 9.21. The minimum absolute atomic E-state index is 0.179. The number of amides is 1. The second-order valence-corrected chi connectivity index (χ2v) is 6.45. The molecule has 2 N–H and O–H groups in total. The van der Waals surface area contributed by atoms with Crippen molar-refractivity contribution in [1.29, 1.82) is 0 Å². The van der Waals surface area contributed by atoms with E-state index in [9.17, 15) is 4.79 Å². The van der Waals surface area contributed by atoms with Crippen LogP contribution in [0.1, 0.15) is 53.4 Å². The molecule has 0 atom stereocenters. The van der Waals surface area contributed by atoms with Crippen molar-refractivity contribution in [3.8, 4) is 0 Å². The molecule has 1 aliphatic carbocycles. The Kier molecular flexibility index (Phi) is 6.76. The first-order valence-corrected chi connectivity index (χ1v) is 7.71. The summed E-state index contributed by atoms with van der Waals surface area (Å²) in [5.41, 5.74) is -0.440. The molecule has 0 heterocycles. The molecule has 5 nitrogen and oxygen atoms in total. The lowest BCUT2D eigenvalue weighted by Crippen LogP contribution is -2.47. The number of nitrogens with zero attached hydrogens (tertiary/aromatic N) is 1. The van der Waals surface area contributed by atoms with Gasteiger partial charge in [-0.15, -0.1) is 0 Å². The highest BCUT2D eigenvalue weighted by molar-refractivity contribution is 5.68. The number of carbonyl (C=O) groups is 1. The van der Waals surface area contributed by atoms with Crippen molar-refractivity contribution in [2.24, 2.45) is 0 Å². The summed E-state index contributed by atoms with van der Waals surface area (Å²) in [6, 6.07) is 0.748. The van der Waals surface area contributed by atoms with Crippen molar-refractivity contribution in [3.63, 3.8) is 0 Å². The average Bonchev–Trinajstić information content (AvgIpc) is 2.36. The molecular formula is C15H30N2O3. The lowest BCUT2D eigenvalue weighted by atomic mass is 9.90. The molecule has 0 bridgehead atoms. The van der Waals surface area contributed by atoms with Gasteiger partial charge in [-0.2, -0.15) is 0 Å². The van der Waals surface area contributed by atoms with Crippen LogP contribution in [-0.4, -0.2) is 53.5 Å². The maximum absolute atomic E-state index is 12.2. The maximum atomic E-state index is 12.2. The summed E-state index contributed by atoms with van der Waals surface area (Å²) >= 11 is 0. The Labute approximate surface area is 122 Å².